The molecule has 1 aromatic heterocycles. The van der Waals surface area contributed by atoms with Crippen molar-refractivity contribution in [1.29, 1.82) is 0 Å². The molecule has 1 aromatic carbocycles. The van der Waals surface area contributed by atoms with Gasteiger partial charge in [0.1, 0.15) is 5.82 Å². The molecule has 110 valence electrons. The lowest BCUT2D eigenvalue weighted by molar-refractivity contribution is 0.364. The first kappa shape index (κ1) is 14.2. The van der Waals surface area contributed by atoms with Gasteiger partial charge in [0.25, 0.3) is 5.89 Å². The lowest BCUT2D eigenvalue weighted by Gasteiger charge is -2.17. The molecular formula is C15H15ClFN3O. The van der Waals surface area contributed by atoms with E-state index >= 15 is 0 Å². The third-order valence-corrected chi connectivity index (χ3v) is 4.03. The molecule has 1 fully saturated rings. The lowest BCUT2D eigenvalue weighted by Crippen LogP contribution is -2.34. The van der Waals surface area contributed by atoms with Gasteiger partial charge >= 0.3 is 0 Å². The zero-order chi connectivity index (χ0) is 14.9. The van der Waals surface area contributed by atoms with Crippen molar-refractivity contribution in [3.8, 4) is 0 Å². The summed E-state index contributed by atoms with van der Waals surface area (Å²) in [6.07, 6.45) is 7.33. The predicted octanol–water partition coefficient (Wildman–Crippen LogP) is 3.76. The summed E-state index contributed by atoms with van der Waals surface area (Å²) in [4.78, 5) is 4.32. The van der Waals surface area contributed by atoms with E-state index in [9.17, 15) is 4.39 Å². The second-order valence-electron chi connectivity index (χ2n) is 5.33. The summed E-state index contributed by atoms with van der Waals surface area (Å²) >= 11 is 5.73. The van der Waals surface area contributed by atoms with Crippen LogP contribution in [0.3, 0.4) is 0 Å². The molecule has 3 rings (SSSR count). The van der Waals surface area contributed by atoms with Gasteiger partial charge in [-0.15, -0.1) is 0 Å². The second-order valence-corrected chi connectivity index (χ2v) is 5.73. The van der Waals surface area contributed by atoms with Crippen LogP contribution in [-0.2, 0) is 5.54 Å². The summed E-state index contributed by atoms with van der Waals surface area (Å²) in [5.41, 5.74) is 6.56. The Kier molecular flexibility index (Phi) is 3.78. The second kappa shape index (κ2) is 5.58. The molecule has 6 heteroatoms. The Hall–Kier alpha value is -1.72. The molecule has 0 aliphatic heterocycles. The summed E-state index contributed by atoms with van der Waals surface area (Å²) in [7, 11) is 0. The molecule has 2 aromatic rings. The van der Waals surface area contributed by atoms with Crippen LogP contribution in [0.4, 0.5) is 4.39 Å². The van der Waals surface area contributed by atoms with Crippen LogP contribution >= 0.6 is 11.6 Å². The van der Waals surface area contributed by atoms with E-state index in [1.807, 2.05) is 0 Å². The number of nitrogens with zero attached hydrogens (tertiary/aromatic N) is 2. The van der Waals surface area contributed by atoms with Gasteiger partial charge in [-0.2, -0.15) is 4.98 Å². The molecule has 0 radical (unpaired) electrons. The van der Waals surface area contributed by atoms with Crippen LogP contribution in [-0.4, -0.2) is 10.1 Å². The van der Waals surface area contributed by atoms with Crippen LogP contribution in [0.15, 0.2) is 22.7 Å². The summed E-state index contributed by atoms with van der Waals surface area (Å²) < 4.78 is 18.3. The fraction of sp³-hybridized carbons (Fsp3) is 0.333. The topological polar surface area (TPSA) is 64.9 Å². The molecule has 0 amide bonds. The van der Waals surface area contributed by atoms with Crippen LogP contribution in [0, 0.1) is 5.82 Å². The van der Waals surface area contributed by atoms with Crippen molar-refractivity contribution in [2.45, 2.75) is 31.2 Å². The van der Waals surface area contributed by atoms with E-state index in [2.05, 4.69) is 10.1 Å². The monoisotopic (exact) mass is 307 g/mol. The Morgan fingerprint density at radius 3 is 2.76 bits per heavy atom. The van der Waals surface area contributed by atoms with Gasteiger partial charge < -0.3 is 10.3 Å². The van der Waals surface area contributed by atoms with Crippen molar-refractivity contribution in [2.24, 2.45) is 5.73 Å². The van der Waals surface area contributed by atoms with Crippen LogP contribution in [0.2, 0.25) is 5.02 Å². The maximum Gasteiger partial charge on any atom is 0.250 e. The summed E-state index contributed by atoms with van der Waals surface area (Å²) in [6.45, 7) is 0. The molecule has 0 unspecified atom stereocenters. The molecule has 1 aliphatic rings. The van der Waals surface area contributed by atoms with Crippen LogP contribution in [0.5, 0.6) is 0 Å². The number of nitrogens with two attached hydrogens (primary N) is 1. The number of halogens is 2. The van der Waals surface area contributed by atoms with Crippen molar-refractivity contribution in [2.75, 3.05) is 0 Å². The number of rotatable bonds is 3. The fourth-order valence-corrected chi connectivity index (χ4v) is 2.71. The van der Waals surface area contributed by atoms with Crippen LogP contribution < -0.4 is 5.73 Å². The van der Waals surface area contributed by atoms with E-state index in [4.69, 9.17) is 21.9 Å². The predicted molar refractivity (Wildman–Crippen MR) is 79.0 cm³/mol. The van der Waals surface area contributed by atoms with Gasteiger partial charge in [0, 0.05) is 6.08 Å². The zero-order valence-corrected chi connectivity index (χ0v) is 12.1. The van der Waals surface area contributed by atoms with Crippen molar-refractivity contribution >= 4 is 23.8 Å². The quantitative estimate of drug-likeness (QED) is 0.937. The Balaban J connectivity index is 1.77. The molecule has 1 aliphatic carbocycles. The highest BCUT2D eigenvalue weighted by Crippen LogP contribution is 2.34. The molecule has 2 N–H and O–H groups in total. The molecule has 4 nitrogen and oxygen atoms in total. The Morgan fingerprint density at radius 2 is 2.05 bits per heavy atom. The average Bonchev–Trinajstić information content (AvgIpc) is 3.10. The third-order valence-electron chi connectivity index (χ3n) is 3.74. The van der Waals surface area contributed by atoms with E-state index < -0.39 is 11.4 Å². The van der Waals surface area contributed by atoms with E-state index in [0.29, 0.717) is 11.7 Å². The standard InChI is InChI=1S/C15H15ClFN3O/c16-11-9-10(3-5-12(11)17)4-6-13-19-14(20-21-13)15(18)7-1-2-8-15/h3-6,9H,1-2,7-8,18H2/b6-4+. The Bertz CT molecular complexity index is 677. The van der Waals surface area contributed by atoms with Gasteiger partial charge in [-0.25, -0.2) is 4.39 Å². The van der Waals surface area contributed by atoms with Gasteiger partial charge in [0.05, 0.1) is 10.6 Å². The highest BCUT2D eigenvalue weighted by atomic mass is 35.5. The Morgan fingerprint density at radius 1 is 1.29 bits per heavy atom. The average molecular weight is 308 g/mol. The molecule has 1 saturated carbocycles. The maximum absolute atomic E-state index is 13.1. The Labute approximate surface area is 126 Å². The molecule has 0 saturated heterocycles. The van der Waals surface area contributed by atoms with Crippen molar-refractivity contribution in [3.05, 3.63) is 46.3 Å². The fourth-order valence-electron chi connectivity index (χ4n) is 2.52. The molecular weight excluding hydrogens is 293 g/mol. The number of hydrogen-bond acceptors (Lipinski definition) is 4. The first-order chi connectivity index (χ1) is 10.1. The molecule has 0 bridgehead atoms. The lowest BCUT2D eigenvalue weighted by atomic mass is 9.99. The number of benzene rings is 1. The zero-order valence-electron chi connectivity index (χ0n) is 11.4. The van der Waals surface area contributed by atoms with Crippen molar-refractivity contribution in [1.82, 2.24) is 10.1 Å². The maximum atomic E-state index is 13.1. The van der Waals surface area contributed by atoms with Crippen molar-refractivity contribution in [3.63, 3.8) is 0 Å². The smallest absolute Gasteiger partial charge is 0.250 e. The van der Waals surface area contributed by atoms with E-state index in [0.717, 1.165) is 31.2 Å². The third kappa shape index (κ3) is 2.99. The van der Waals surface area contributed by atoms with Gasteiger partial charge in [-0.3, -0.25) is 0 Å². The van der Waals surface area contributed by atoms with Gasteiger partial charge in [0.2, 0.25) is 0 Å². The first-order valence-electron chi connectivity index (χ1n) is 6.83. The minimum atomic E-state index is -0.464. The molecule has 1 heterocycles. The summed E-state index contributed by atoms with van der Waals surface area (Å²) in [5.74, 6) is 0.485. The molecule has 0 spiro atoms. The van der Waals surface area contributed by atoms with Crippen LogP contribution in [0.1, 0.15) is 43.0 Å². The minimum absolute atomic E-state index is 0.0789. The molecule has 0 atom stereocenters. The highest BCUT2D eigenvalue weighted by molar-refractivity contribution is 6.30. The number of aromatic nitrogens is 2. The SMILES string of the molecule is NC1(c2noc(/C=C/c3ccc(F)c(Cl)c3)n2)CCCC1. The number of hydrogen-bond donors (Lipinski definition) is 1. The first-order valence-corrected chi connectivity index (χ1v) is 7.21. The normalized spacial score (nSPS) is 17.7. The van der Waals surface area contributed by atoms with E-state index in [1.165, 1.54) is 12.1 Å². The minimum Gasteiger partial charge on any atom is -0.335 e. The van der Waals surface area contributed by atoms with Gasteiger partial charge in [0.15, 0.2) is 5.82 Å². The summed E-state index contributed by atoms with van der Waals surface area (Å²) in [5, 5.41) is 4.04. The summed E-state index contributed by atoms with van der Waals surface area (Å²) in [6, 6.07) is 4.47. The molecule has 21 heavy (non-hydrogen) atoms. The van der Waals surface area contributed by atoms with Gasteiger partial charge in [-0.1, -0.05) is 35.7 Å². The highest BCUT2D eigenvalue weighted by Gasteiger charge is 2.35. The largest absolute Gasteiger partial charge is 0.335 e. The van der Waals surface area contributed by atoms with E-state index in [-0.39, 0.29) is 5.02 Å². The van der Waals surface area contributed by atoms with E-state index in [1.54, 1.807) is 18.2 Å². The van der Waals surface area contributed by atoms with Crippen LogP contribution in [0.25, 0.3) is 12.2 Å². The van der Waals surface area contributed by atoms with Gasteiger partial charge in [-0.05, 0) is 36.6 Å². The van der Waals surface area contributed by atoms with Crippen molar-refractivity contribution < 1.29 is 8.91 Å².